The van der Waals surface area contributed by atoms with Crippen LogP contribution in [0.5, 0.6) is 0 Å². The van der Waals surface area contributed by atoms with Crippen molar-refractivity contribution in [2.24, 2.45) is 0 Å². The number of nitriles is 2. The molecule has 12 heteroatoms. The summed E-state index contributed by atoms with van der Waals surface area (Å²) in [6.07, 6.45) is -6.05. The van der Waals surface area contributed by atoms with Crippen molar-refractivity contribution in [3.05, 3.63) is 112 Å². The highest BCUT2D eigenvalue weighted by molar-refractivity contribution is 5.69. The van der Waals surface area contributed by atoms with Crippen LogP contribution in [-0.4, -0.2) is 33.3 Å². The molecule has 0 radical (unpaired) electrons. The molecule has 0 fully saturated rings. The molecule has 2 atom stereocenters. The van der Waals surface area contributed by atoms with Crippen LogP contribution in [0.15, 0.2) is 90.1 Å². The van der Waals surface area contributed by atoms with Gasteiger partial charge in [-0.1, -0.05) is 48.5 Å². The van der Waals surface area contributed by atoms with Crippen molar-refractivity contribution in [3.8, 4) is 12.1 Å². The van der Waals surface area contributed by atoms with E-state index in [1.165, 1.54) is 33.7 Å². The van der Waals surface area contributed by atoms with Crippen LogP contribution in [-0.2, 0) is 17.5 Å². The van der Waals surface area contributed by atoms with Crippen LogP contribution in [0.25, 0.3) is 0 Å². The standard InChI is InChI=1S/C30H24F3N7O2/c1-19-25(17-35)26(22-13-11-20(16-34)12-14-22)40-28(39(19)24-10-6-9-23(15-24)30(31,32)33)36-27(37-40)38(2)29(41)42-18-21-7-4-3-5-8-21/h3-15,26,29,41H,18H2,1-2H3. The number of halogens is 3. The smallest absolute Gasteiger partial charge is 0.351 e. The van der Waals surface area contributed by atoms with E-state index in [1.54, 1.807) is 31.2 Å². The SMILES string of the molecule is CC1=C(C#N)C(c2ccc(C#N)cc2)n2nc(N(C)C(O)OCc3ccccc3)nc2N1c1cccc(C(F)(F)F)c1. The average molecular weight is 572 g/mol. The van der Waals surface area contributed by atoms with E-state index in [0.29, 0.717) is 16.8 Å². The molecule has 1 aliphatic rings. The largest absolute Gasteiger partial charge is 0.416 e. The summed E-state index contributed by atoms with van der Waals surface area (Å²) in [5.41, 5.74) is 1.67. The quantitative estimate of drug-likeness (QED) is 0.284. The molecule has 4 aromatic rings. The summed E-state index contributed by atoms with van der Waals surface area (Å²) < 4.78 is 47.9. The van der Waals surface area contributed by atoms with Crippen LogP contribution in [0.4, 0.5) is 30.8 Å². The lowest BCUT2D eigenvalue weighted by molar-refractivity contribution is -0.137. The molecule has 0 bridgehead atoms. The molecule has 212 valence electrons. The highest BCUT2D eigenvalue weighted by atomic mass is 19.4. The van der Waals surface area contributed by atoms with Gasteiger partial charge in [-0.3, -0.25) is 9.80 Å². The number of allylic oxidation sites excluding steroid dienone is 2. The fourth-order valence-electron chi connectivity index (χ4n) is 4.65. The Labute approximate surface area is 239 Å². The number of benzene rings is 3. The Morgan fingerprint density at radius 3 is 2.38 bits per heavy atom. The molecule has 0 saturated heterocycles. The van der Waals surface area contributed by atoms with Crippen LogP contribution in [0, 0.1) is 22.7 Å². The maximum atomic E-state index is 13.6. The Morgan fingerprint density at radius 1 is 1.02 bits per heavy atom. The fraction of sp³-hybridized carbons (Fsp3) is 0.200. The van der Waals surface area contributed by atoms with Crippen molar-refractivity contribution in [3.63, 3.8) is 0 Å². The molecule has 5 rings (SSSR count). The Hall–Kier alpha value is -5.17. The van der Waals surface area contributed by atoms with Gasteiger partial charge in [-0.05, 0) is 48.4 Å². The highest BCUT2D eigenvalue weighted by Gasteiger charge is 2.38. The number of nitrogens with zero attached hydrogens (tertiary/aromatic N) is 7. The molecule has 9 nitrogen and oxygen atoms in total. The van der Waals surface area contributed by atoms with Crippen LogP contribution in [0.3, 0.4) is 0 Å². The van der Waals surface area contributed by atoms with Gasteiger partial charge >= 0.3 is 6.18 Å². The van der Waals surface area contributed by atoms with E-state index in [9.17, 15) is 28.8 Å². The lowest BCUT2D eigenvalue weighted by atomic mass is 9.95. The Morgan fingerprint density at radius 2 is 1.74 bits per heavy atom. The summed E-state index contributed by atoms with van der Waals surface area (Å²) in [5.74, 6) is 0.130. The molecule has 1 aromatic heterocycles. The van der Waals surface area contributed by atoms with Crippen molar-refractivity contribution in [1.82, 2.24) is 14.8 Å². The van der Waals surface area contributed by atoms with E-state index in [0.717, 1.165) is 17.7 Å². The van der Waals surface area contributed by atoms with E-state index in [-0.39, 0.29) is 29.8 Å². The summed E-state index contributed by atoms with van der Waals surface area (Å²) in [5, 5.41) is 34.9. The number of ether oxygens (including phenoxy) is 1. The molecule has 0 amide bonds. The fourth-order valence-corrected chi connectivity index (χ4v) is 4.65. The minimum atomic E-state index is -4.59. The molecule has 1 N–H and O–H groups in total. The predicted molar refractivity (Wildman–Crippen MR) is 147 cm³/mol. The monoisotopic (exact) mass is 571 g/mol. The Bertz CT molecular complexity index is 1700. The van der Waals surface area contributed by atoms with Crippen LogP contribution in [0.2, 0.25) is 0 Å². The van der Waals surface area contributed by atoms with Gasteiger partial charge in [0.2, 0.25) is 18.3 Å². The van der Waals surface area contributed by atoms with E-state index in [1.807, 2.05) is 30.3 Å². The Balaban J connectivity index is 1.60. The predicted octanol–water partition coefficient (Wildman–Crippen LogP) is 5.64. The number of alkyl halides is 3. The molecular weight excluding hydrogens is 547 g/mol. The number of aromatic nitrogens is 3. The van der Waals surface area contributed by atoms with E-state index >= 15 is 0 Å². The number of rotatable bonds is 7. The summed E-state index contributed by atoms with van der Waals surface area (Å²) in [6.45, 7) is 1.72. The van der Waals surface area contributed by atoms with Crippen molar-refractivity contribution in [2.45, 2.75) is 32.2 Å². The minimum Gasteiger partial charge on any atom is -0.351 e. The minimum absolute atomic E-state index is 0.00757. The molecular formula is C30H24F3N7O2. The summed E-state index contributed by atoms with van der Waals surface area (Å²) in [6, 6.07) is 23.9. The van der Waals surface area contributed by atoms with E-state index in [4.69, 9.17) is 4.74 Å². The lowest BCUT2D eigenvalue weighted by Crippen LogP contribution is -2.34. The van der Waals surface area contributed by atoms with Crippen molar-refractivity contribution in [2.75, 3.05) is 16.8 Å². The van der Waals surface area contributed by atoms with Gasteiger partial charge in [0.05, 0.1) is 35.4 Å². The van der Waals surface area contributed by atoms with E-state index in [2.05, 4.69) is 22.2 Å². The summed E-state index contributed by atoms with van der Waals surface area (Å²) in [7, 11) is 1.51. The second-order valence-electron chi connectivity index (χ2n) is 9.52. The van der Waals surface area contributed by atoms with Crippen LogP contribution < -0.4 is 9.80 Å². The van der Waals surface area contributed by atoms with Gasteiger partial charge in [-0.2, -0.15) is 28.7 Å². The van der Waals surface area contributed by atoms with Gasteiger partial charge in [0.25, 0.3) is 0 Å². The first-order valence-corrected chi connectivity index (χ1v) is 12.7. The van der Waals surface area contributed by atoms with Gasteiger partial charge in [0.1, 0.15) is 6.04 Å². The van der Waals surface area contributed by atoms with Gasteiger partial charge in [-0.15, -0.1) is 5.10 Å². The number of aliphatic hydroxyl groups is 1. The third-order valence-corrected chi connectivity index (χ3v) is 6.84. The summed E-state index contributed by atoms with van der Waals surface area (Å²) in [4.78, 5) is 7.29. The lowest BCUT2D eigenvalue weighted by Gasteiger charge is -2.34. The highest BCUT2D eigenvalue weighted by Crippen LogP contribution is 2.43. The van der Waals surface area contributed by atoms with E-state index < -0.39 is 24.2 Å². The maximum Gasteiger partial charge on any atom is 0.416 e. The van der Waals surface area contributed by atoms with Gasteiger partial charge < -0.3 is 9.84 Å². The second kappa shape index (κ2) is 11.4. The molecule has 2 heterocycles. The molecule has 0 saturated carbocycles. The third-order valence-electron chi connectivity index (χ3n) is 6.84. The number of fused-ring (bicyclic) bond motifs is 1. The first-order valence-electron chi connectivity index (χ1n) is 12.7. The normalized spacial score (nSPS) is 15.5. The maximum absolute atomic E-state index is 13.6. The van der Waals surface area contributed by atoms with Crippen molar-refractivity contribution < 1.29 is 23.0 Å². The van der Waals surface area contributed by atoms with Crippen molar-refractivity contribution >= 4 is 17.6 Å². The average Bonchev–Trinajstić information content (AvgIpc) is 3.43. The topological polar surface area (TPSA) is 114 Å². The molecule has 0 spiro atoms. The first-order chi connectivity index (χ1) is 20.1. The number of anilines is 3. The number of hydrogen-bond donors (Lipinski definition) is 1. The molecule has 1 aliphatic heterocycles. The van der Waals surface area contributed by atoms with Crippen LogP contribution in [0.1, 0.15) is 35.2 Å². The molecule has 42 heavy (non-hydrogen) atoms. The zero-order valence-electron chi connectivity index (χ0n) is 22.5. The molecule has 0 aliphatic carbocycles. The van der Waals surface area contributed by atoms with Crippen molar-refractivity contribution in [1.29, 1.82) is 10.5 Å². The zero-order valence-corrected chi connectivity index (χ0v) is 22.5. The number of hydrogen-bond acceptors (Lipinski definition) is 8. The van der Waals surface area contributed by atoms with Crippen LogP contribution >= 0.6 is 0 Å². The number of aliphatic hydroxyl groups excluding tert-OH is 1. The van der Waals surface area contributed by atoms with Gasteiger partial charge in [0, 0.05) is 18.4 Å². The van der Waals surface area contributed by atoms with Gasteiger partial charge in [-0.25, -0.2) is 4.68 Å². The zero-order chi connectivity index (χ0) is 30.0. The van der Waals surface area contributed by atoms with Gasteiger partial charge in [0.15, 0.2) is 0 Å². The third kappa shape index (κ3) is 5.41. The molecule has 2 unspecified atom stereocenters. The molecule has 3 aromatic carbocycles. The summed E-state index contributed by atoms with van der Waals surface area (Å²) >= 11 is 0. The first kappa shape index (κ1) is 28.4. The second-order valence-corrected chi connectivity index (χ2v) is 9.52. The Kier molecular flexibility index (Phi) is 7.68.